The lowest BCUT2D eigenvalue weighted by Crippen LogP contribution is -2.20. The molecule has 2 heteroatoms. The van der Waals surface area contributed by atoms with Crippen molar-refractivity contribution in [2.45, 2.75) is 13.8 Å². The van der Waals surface area contributed by atoms with E-state index in [0.29, 0.717) is 6.54 Å². The molecule has 0 aromatic carbocycles. The fourth-order valence-corrected chi connectivity index (χ4v) is 0.318. The van der Waals surface area contributed by atoms with Crippen LogP contribution in [0, 0.1) is 11.8 Å². The van der Waals surface area contributed by atoms with Gasteiger partial charge in [0.15, 0.2) is 0 Å². The average Bonchev–Trinajstić information content (AvgIpc) is 1.68. The molecule has 0 atom stereocenters. The minimum absolute atomic E-state index is 0. The predicted octanol–water partition coefficient (Wildman–Crippen LogP) is 0.392. The molecule has 0 radical (unpaired) electrons. The maximum atomic E-state index is 10.4. The van der Waals surface area contributed by atoms with Crippen LogP contribution in [0.4, 0.5) is 0 Å². The maximum Gasteiger partial charge on any atom is 0.295 e. The van der Waals surface area contributed by atoms with E-state index in [1.165, 1.54) is 0 Å². The summed E-state index contributed by atoms with van der Waals surface area (Å²) in [5.74, 6) is 4.64. The summed E-state index contributed by atoms with van der Waals surface area (Å²) in [5, 5.41) is 2.53. The van der Waals surface area contributed by atoms with Gasteiger partial charge in [-0.15, -0.1) is 0 Å². The Morgan fingerprint density at radius 3 is 2.88 bits per heavy atom. The fraction of sp³-hybridized carbons (Fsp3) is 0.500. The highest BCUT2D eigenvalue weighted by Crippen LogP contribution is 1.58. The van der Waals surface area contributed by atoms with E-state index in [1.54, 1.807) is 6.92 Å². The van der Waals surface area contributed by atoms with Crippen molar-refractivity contribution in [3.63, 3.8) is 0 Å². The number of nitrogens with one attached hydrogen (secondary N) is 1. The second kappa shape index (κ2) is 4.20. The van der Waals surface area contributed by atoms with Crippen LogP contribution in [0.5, 0.6) is 0 Å². The summed E-state index contributed by atoms with van der Waals surface area (Å²) in [4.78, 5) is 10.4. The van der Waals surface area contributed by atoms with Crippen molar-refractivity contribution >= 4 is 5.91 Å². The Labute approximate surface area is 50.8 Å². The smallest absolute Gasteiger partial charge is 0.295 e. The number of amides is 1. The molecule has 0 aliphatic rings. The molecule has 0 aliphatic heterocycles. The van der Waals surface area contributed by atoms with E-state index in [2.05, 4.69) is 17.2 Å². The summed E-state index contributed by atoms with van der Waals surface area (Å²) < 4.78 is 0. The number of hydrogen-bond acceptors (Lipinski definition) is 1. The Morgan fingerprint density at radius 1 is 1.88 bits per heavy atom. The van der Waals surface area contributed by atoms with Gasteiger partial charge in [0.05, 0.1) is 0 Å². The summed E-state index contributed by atoms with van der Waals surface area (Å²) >= 11 is 0. The van der Waals surface area contributed by atoms with Crippen LogP contribution in [0.2, 0.25) is 0 Å². The van der Waals surface area contributed by atoms with E-state index in [0.717, 1.165) is 0 Å². The minimum Gasteiger partial charge on any atom is -0.346 e. The van der Waals surface area contributed by atoms with E-state index in [1.807, 2.05) is 6.92 Å². The molecule has 8 heavy (non-hydrogen) atoms. The lowest BCUT2D eigenvalue weighted by molar-refractivity contribution is -0.115. The normalized spacial score (nSPS) is 6.75. The van der Waals surface area contributed by atoms with Gasteiger partial charge >= 0.3 is 0 Å². The van der Waals surface area contributed by atoms with Crippen molar-refractivity contribution in [2.24, 2.45) is 0 Å². The first kappa shape index (κ1) is 7.03. The van der Waals surface area contributed by atoms with Gasteiger partial charge in [-0.1, -0.05) is 5.92 Å². The standard InChI is InChI=1S/C6H9NO.H2/c1-3-5-6(8)7-4-2;/h4H2,1-2H3,(H,7,8);1H. The minimum atomic E-state index is -0.199. The molecule has 0 bridgehead atoms. The van der Waals surface area contributed by atoms with Crippen molar-refractivity contribution < 1.29 is 6.22 Å². The van der Waals surface area contributed by atoms with Gasteiger partial charge in [0.2, 0.25) is 0 Å². The molecule has 0 unspecified atom stereocenters. The van der Waals surface area contributed by atoms with E-state index in [-0.39, 0.29) is 7.33 Å². The van der Waals surface area contributed by atoms with Gasteiger partial charge in [-0.2, -0.15) is 0 Å². The third-order valence-corrected chi connectivity index (χ3v) is 0.576. The summed E-state index contributed by atoms with van der Waals surface area (Å²) in [7, 11) is 0. The van der Waals surface area contributed by atoms with Crippen LogP contribution in [0.15, 0.2) is 0 Å². The van der Waals surface area contributed by atoms with E-state index in [4.69, 9.17) is 0 Å². The molecule has 0 spiro atoms. The third-order valence-electron chi connectivity index (χ3n) is 0.576. The Hall–Kier alpha value is -0.970. The topological polar surface area (TPSA) is 29.1 Å². The Morgan fingerprint density at radius 2 is 2.50 bits per heavy atom. The molecule has 0 heterocycles. The highest BCUT2D eigenvalue weighted by Gasteiger charge is 1.85. The number of carbonyl (C=O) groups is 1. The van der Waals surface area contributed by atoms with Crippen molar-refractivity contribution in [1.29, 1.82) is 0 Å². The molecule has 0 rings (SSSR count). The molecule has 0 saturated heterocycles. The van der Waals surface area contributed by atoms with Gasteiger partial charge in [-0.3, -0.25) is 4.79 Å². The molecule has 1 N–H and O–H groups in total. The monoisotopic (exact) mass is 113 g/mol. The summed E-state index contributed by atoms with van der Waals surface area (Å²) in [5.41, 5.74) is 0. The van der Waals surface area contributed by atoms with Crippen LogP contribution >= 0.6 is 0 Å². The molecular formula is C6H11NO. The van der Waals surface area contributed by atoms with E-state index < -0.39 is 0 Å². The quantitative estimate of drug-likeness (QED) is 0.490. The number of carbonyl (C=O) groups excluding carboxylic acids is 1. The zero-order chi connectivity index (χ0) is 6.41. The average molecular weight is 113 g/mol. The second-order valence-corrected chi connectivity index (χ2v) is 1.23. The van der Waals surface area contributed by atoms with Crippen molar-refractivity contribution in [1.82, 2.24) is 5.32 Å². The van der Waals surface area contributed by atoms with Crippen LogP contribution in [0.1, 0.15) is 15.3 Å². The fourth-order valence-electron chi connectivity index (χ4n) is 0.318. The third kappa shape index (κ3) is 3.23. The largest absolute Gasteiger partial charge is 0.346 e. The number of hydrogen-bond donors (Lipinski definition) is 1. The Kier molecular flexibility index (Phi) is 3.69. The molecule has 0 aromatic heterocycles. The van der Waals surface area contributed by atoms with E-state index in [9.17, 15) is 4.79 Å². The van der Waals surface area contributed by atoms with Gasteiger partial charge in [0.1, 0.15) is 0 Å². The van der Waals surface area contributed by atoms with Gasteiger partial charge in [-0.05, 0) is 19.8 Å². The van der Waals surface area contributed by atoms with Crippen LogP contribution < -0.4 is 5.32 Å². The maximum absolute atomic E-state index is 10.4. The molecule has 2 nitrogen and oxygen atoms in total. The lowest BCUT2D eigenvalue weighted by Gasteiger charge is -1.88. The van der Waals surface area contributed by atoms with Crippen LogP contribution in [-0.2, 0) is 4.79 Å². The zero-order valence-corrected chi connectivity index (χ0v) is 5.12. The highest BCUT2D eigenvalue weighted by atomic mass is 16.1. The zero-order valence-electron chi connectivity index (χ0n) is 5.12. The summed E-state index contributed by atoms with van der Waals surface area (Å²) in [6, 6.07) is 0. The van der Waals surface area contributed by atoms with Gasteiger partial charge in [0, 0.05) is 7.97 Å². The Balaban J connectivity index is 0. The van der Waals surface area contributed by atoms with Crippen molar-refractivity contribution in [3.8, 4) is 11.8 Å². The molecule has 0 aliphatic carbocycles. The van der Waals surface area contributed by atoms with Gasteiger partial charge in [-0.25, -0.2) is 0 Å². The molecule has 46 valence electrons. The summed E-state index contributed by atoms with van der Waals surface area (Å²) in [6.07, 6.45) is 0. The molecular weight excluding hydrogens is 102 g/mol. The second-order valence-electron chi connectivity index (χ2n) is 1.23. The summed E-state index contributed by atoms with van der Waals surface area (Å²) in [6.45, 7) is 4.14. The van der Waals surface area contributed by atoms with E-state index >= 15 is 0 Å². The predicted molar refractivity (Wildman–Crippen MR) is 34.2 cm³/mol. The Bertz CT molecular complexity index is 134. The van der Waals surface area contributed by atoms with Crippen LogP contribution in [-0.4, -0.2) is 12.5 Å². The molecule has 0 aromatic rings. The van der Waals surface area contributed by atoms with Crippen LogP contribution in [0.25, 0.3) is 0 Å². The first-order valence-corrected chi connectivity index (χ1v) is 2.51. The van der Waals surface area contributed by atoms with Crippen LogP contribution in [0.3, 0.4) is 0 Å². The van der Waals surface area contributed by atoms with Crippen molar-refractivity contribution in [3.05, 3.63) is 0 Å². The lowest BCUT2D eigenvalue weighted by atomic mass is 10.5. The van der Waals surface area contributed by atoms with Gasteiger partial charge < -0.3 is 5.32 Å². The molecule has 0 fully saturated rings. The molecule has 1 amide bonds. The first-order valence-electron chi connectivity index (χ1n) is 2.51. The highest BCUT2D eigenvalue weighted by molar-refractivity contribution is 5.93. The number of rotatable bonds is 1. The molecule has 0 saturated carbocycles. The van der Waals surface area contributed by atoms with Crippen molar-refractivity contribution in [2.75, 3.05) is 6.54 Å². The first-order chi connectivity index (χ1) is 3.81. The SMILES string of the molecule is CC#CC(=O)NCC.[HH]. The van der Waals surface area contributed by atoms with Gasteiger partial charge in [0.25, 0.3) is 5.91 Å².